The lowest BCUT2D eigenvalue weighted by atomic mass is 10.1. The van der Waals surface area contributed by atoms with Crippen molar-refractivity contribution in [2.24, 2.45) is 0 Å². The molecule has 8 heteroatoms. The summed E-state index contributed by atoms with van der Waals surface area (Å²) in [6.45, 7) is 2.53. The minimum absolute atomic E-state index is 0.177. The molecule has 2 aliphatic rings. The van der Waals surface area contributed by atoms with Crippen molar-refractivity contribution < 1.29 is 27.8 Å². The predicted octanol–water partition coefficient (Wildman–Crippen LogP) is 1.15. The summed E-state index contributed by atoms with van der Waals surface area (Å²) >= 11 is 0. The summed E-state index contributed by atoms with van der Waals surface area (Å²) in [6.07, 6.45) is -4.07. The van der Waals surface area contributed by atoms with Gasteiger partial charge in [0.25, 0.3) is 0 Å². The molecule has 5 nitrogen and oxygen atoms in total. The smallest absolute Gasteiger partial charge is 0.416 e. The van der Waals surface area contributed by atoms with Crippen LogP contribution in [0.15, 0.2) is 18.2 Å². The van der Waals surface area contributed by atoms with Crippen molar-refractivity contribution in [1.82, 2.24) is 9.80 Å². The van der Waals surface area contributed by atoms with Crippen LogP contribution in [0.1, 0.15) is 11.1 Å². The Morgan fingerprint density at radius 3 is 2.58 bits per heavy atom. The van der Waals surface area contributed by atoms with Crippen LogP contribution in [0, 0.1) is 0 Å². The van der Waals surface area contributed by atoms with E-state index in [1.807, 2.05) is 0 Å². The predicted molar refractivity (Wildman–Crippen MR) is 79.7 cm³/mol. The Hall–Kier alpha value is -1.80. The number of hydrogen-bond donors (Lipinski definition) is 1. The van der Waals surface area contributed by atoms with Gasteiger partial charge >= 0.3 is 6.18 Å². The number of fused-ring (bicyclic) bond motifs is 1. The standard InChI is InChI=1S/C16H19F3N2O3/c17-16(18,19)12-1-2-14-11(7-12)8-13(24-14)9-20-3-5-21(6-4-20)15(23)10-22/h1-2,7,13,22H,3-6,8-10H2. The minimum atomic E-state index is -4.34. The van der Waals surface area contributed by atoms with Crippen molar-refractivity contribution in [3.05, 3.63) is 29.3 Å². The average molecular weight is 344 g/mol. The summed E-state index contributed by atoms with van der Waals surface area (Å²) in [5, 5.41) is 8.86. The molecule has 24 heavy (non-hydrogen) atoms. The van der Waals surface area contributed by atoms with Gasteiger partial charge in [-0.25, -0.2) is 0 Å². The Labute approximate surface area is 137 Å². The fourth-order valence-corrected chi connectivity index (χ4v) is 3.17. The lowest BCUT2D eigenvalue weighted by Gasteiger charge is -2.35. The summed E-state index contributed by atoms with van der Waals surface area (Å²) < 4.78 is 44.0. The van der Waals surface area contributed by atoms with E-state index in [0.29, 0.717) is 50.5 Å². The van der Waals surface area contributed by atoms with Gasteiger partial charge in [-0.2, -0.15) is 13.2 Å². The van der Waals surface area contributed by atoms with Crippen LogP contribution in [0.4, 0.5) is 13.2 Å². The Morgan fingerprint density at radius 2 is 1.96 bits per heavy atom. The van der Waals surface area contributed by atoms with Crippen molar-refractivity contribution in [3.63, 3.8) is 0 Å². The summed E-state index contributed by atoms with van der Waals surface area (Å²) in [6, 6.07) is 3.59. The third kappa shape index (κ3) is 3.64. The van der Waals surface area contributed by atoms with Crippen molar-refractivity contribution in [3.8, 4) is 5.75 Å². The van der Waals surface area contributed by atoms with Crippen molar-refractivity contribution in [2.45, 2.75) is 18.7 Å². The Kier molecular flexibility index (Phi) is 4.69. The third-order valence-corrected chi connectivity index (χ3v) is 4.45. The second kappa shape index (κ2) is 6.60. The number of halogens is 3. The van der Waals surface area contributed by atoms with Crippen molar-refractivity contribution in [2.75, 3.05) is 39.3 Å². The molecule has 1 unspecified atom stereocenters. The molecular formula is C16H19F3N2O3. The van der Waals surface area contributed by atoms with E-state index in [0.717, 1.165) is 12.1 Å². The molecule has 3 rings (SSSR count). The number of ether oxygens (including phenoxy) is 1. The second-order valence-electron chi connectivity index (χ2n) is 6.10. The Bertz CT molecular complexity index is 613. The van der Waals surface area contributed by atoms with Crippen LogP contribution in [0.25, 0.3) is 0 Å². The molecule has 0 spiro atoms. The first-order valence-electron chi connectivity index (χ1n) is 7.84. The van der Waals surface area contributed by atoms with E-state index in [1.54, 1.807) is 4.90 Å². The minimum Gasteiger partial charge on any atom is -0.488 e. The number of amides is 1. The second-order valence-corrected chi connectivity index (χ2v) is 6.10. The molecule has 2 aliphatic heterocycles. The number of aliphatic hydroxyl groups is 1. The van der Waals surface area contributed by atoms with Crippen LogP contribution in [-0.2, 0) is 17.4 Å². The molecule has 1 aromatic carbocycles. The molecule has 1 amide bonds. The van der Waals surface area contributed by atoms with Crippen molar-refractivity contribution in [1.29, 1.82) is 0 Å². The van der Waals surface area contributed by atoms with Gasteiger partial charge in [0, 0.05) is 39.1 Å². The summed E-state index contributed by atoms with van der Waals surface area (Å²) in [4.78, 5) is 15.2. The number of benzene rings is 1. The first-order valence-corrected chi connectivity index (χ1v) is 7.84. The largest absolute Gasteiger partial charge is 0.488 e. The molecule has 2 heterocycles. The number of carbonyl (C=O) groups excluding carboxylic acids is 1. The molecule has 0 bridgehead atoms. The molecular weight excluding hydrogens is 325 g/mol. The quantitative estimate of drug-likeness (QED) is 0.894. The van der Waals surface area contributed by atoms with Gasteiger partial charge < -0.3 is 14.7 Å². The van der Waals surface area contributed by atoms with Gasteiger partial charge in [0.1, 0.15) is 18.5 Å². The first kappa shape index (κ1) is 17.0. The fraction of sp³-hybridized carbons (Fsp3) is 0.562. The van der Waals surface area contributed by atoms with E-state index in [9.17, 15) is 18.0 Å². The van der Waals surface area contributed by atoms with Gasteiger partial charge in [-0.15, -0.1) is 0 Å². The van der Waals surface area contributed by atoms with Gasteiger partial charge in [-0.05, 0) is 23.8 Å². The monoisotopic (exact) mass is 344 g/mol. The van der Waals surface area contributed by atoms with Gasteiger partial charge in [-0.3, -0.25) is 9.69 Å². The Morgan fingerprint density at radius 1 is 1.25 bits per heavy atom. The van der Waals surface area contributed by atoms with Crippen LogP contribution in [0.2, 0.25) is 0 Å². The van der Waals surface area contributed by atoms with Crippen LogP contribution < -0.4 is 4.74 Å². The normalized spacial score (nSPS) is 21.5. The number of aliphatic hydroxyl groups excluding tert-OH is 1. The number of nitrogens with zero attached hydrogens (tertiary/aromatic N) is 2. The Balaban J connectivity index is 1.54. The molecule has 0 aromatic heterocycles. The summed E-state index contributed by atoms with van der Waals surface area (Å²) in [5.74, 6) is 0.237. The number of hydrogen-bond acceptors (Lipinski definition) is 4. The van der Waals surface area contributed by atoms with Crippen LogP contribution in [-0.4, -0.2) is 66.2 Å². The fourth-order valence-electron chi connectivity index (χ4n) is 3.17. The van der Waals surface area contributed by atoms with E-state index < -0.39 is 18.3 Å². The highest BCUT2D eigenvalue weighted by molar-refractivity contribution is 5.77. The summed E-state index contributed by atoms with van der Waals surface area (Å²) in [7, 11) is 0. The summed E-state index contributed by atoms with van der Waals surface area (Å²) in [5.41, 5.74) is -0.0643. The molecule has 0 saturated carbocycles. The number of carbonyl (C=O) groups is 1. The van der Waals surface area contributed by atoms with E-state index in [4.69, 9.17) is 9.84 Å². The average Bonchev–Trinajstić information content (AvgIpc) is 2.95. The zero-order valence-corrected chi connectivity index (χ0v) is 13.1. The first-order chi connectivity index (χ1) is 11.4. The lowest BCUT2D eigenvalue weighted by Crippen LogP contribution is -2.51. The number of alkyl halides is 3. The van der Waals surface area contributed by atoms with E-state index >= 15 is 0 Å². The maximum atomic E-state index is 12.8. The van der Waals surface area contributed by atoms with E-state index in [1.165, 1.54) is 6.07 Å². The molecule has 0 aliphatic carbocycles. The maximum Gasteiger partial charge on any atom is 0.416 e. The highest BCUT2D eigenvalue weighted by Crippen LogP contribution is 2.36. The molecule has 0 radical (unpaired) electrons. The van der Waals surface area contributed by atoms with Gasteiger partial charge in [0.15, 0.2) is 0 Å². The van der Waals surface area contributed by atoms with E-state index in [2.05, 4.69) is 4.90 Å². The van der Waals surface area contributed by atoms with Gasteiger partial charge in [0.2, 0.25) is 5.91 Å². The number of rotatable bonds is 3. The number of piperazine rings is 1. The molecule has 1 aromatic rings. The molecule has 1 N–H and O–H groups in total. The highest BCUT2D eigenvalue weighted by Gasteiger charge is 2.34. The zero-order chi connectivity index (χ0) is 17.3. The molecule has 1 fully saturated rings. The van der Waals surface area contributed by atoms with Gasteiger partial charge in [0.05, 0.1) is 5.56 Å². The van der Waals surface area contributed by atoms with Crippen molar-refractivity contribution >= 4 is 5.91 Å². The maximum absolute atomic E-state index is 12.8. The molecule has 1 atom stereocenters. The topological polar surface area (TPSA) is 53.0 Å². The molecule has 132 valence electrons. The van der Waals surface area contributed by atoms with Gasteiger partial charge in [-0.1, -0.05) is 0 Å². The highest BCUT2D eigenvalue weighted by atomic mass is 19.4. The van der Waals surface area contributed by atoms with Crippen LogP contribution in [0.5, 0.6) is 5.75 Å². The van der Waals surface area contributed by atoms with Crippen LogP contribution in [0.3, 0.4) is 0 Å². The lowest BCUT2D eigenvalue weighted by molar-refractivity contribution is -0.137. The zero-order valence-electron chi connectivity index (χ0n) is 13.1. The SMILES string of the molecule is O=C(CO)N1CCN(CC2Cc3cc(C(F)(F)F)ccc3O2)CC1. The molecule has 1 saturated heterocycles. The van der Waals surface area contributed by atoms with E-state index in [-0.39, 0.29) is 12.0 Å². The third-order valence-electron chi connectivity index (χ3n) is 4.45. The van der Waals surface area contributed by atoms with Crippen LogP contribution >= 0.6 is 0 Å².